The Kier molecular flexibility index (Phi) is 64.0. The number of rotatable bonds is 0. The Labute approximate surface area is 119 Å². The molecule has 0 aromatic rings. The van der Waals surface area contributed by atoms with Crippen LogP contribution in [0.1, 0.15) is 0 Å². The second kappa shape index (κ2) is 22.6. The van der Waals surface area contributed by atoms with Gasteiger partial charge in [-0.05, 0) is 0 Å². The van der Waals surface area contributed by atoms with Gasteiger partial charge in [0.2, 0.25) is 0 Å². The molecule has 6 heteroatoms. The number of hydrogen-bond acceptors (Lipinski definition) is 0. The molecule has 0 bridgehead atoms. The predicted octanol–water partition coefficient (Wildman–Crippen LogP) is 0.658. The molecule has 0 aliphatic rings. The standard InChI is InChI=1S/Ca.3ClH.K.Na.H/h;3*1H;;;/q+2;;;;+1;;/p-3. The van der Waals surface area contributed by atoms with E-state index in [-0.39, 0.29) is 29.6 Å². The predicted molar refractivity (Wildman–Crippen MR) is 36.2 cm³/mol. The second-order valence-corrected chi connectivity index (χ2v) is 3.75. The molecule has 0 aliphatic heterocycles. The fraction of sp³-hybridized carbons (Fsp3) is 0. The number of hydrogen-bond donors (Lipinski definition) is 0. The molecule has 0 aromatic heterocycles. The van der Waals surface area contributed by atoms with Gasteiger partial charge in [-0.15, -0.1) is 0 Å². The summed E-state index contributed by atoms with van der Waals surface area (Å²) in [5.41, 5.74) is 0. The Balaban J connectivity index is -0.0000000275. The molecular formula is HCaCl3KNa. The van der Waals surface area contributed by atoms with E-state index in [1.54, 1.807) is 0 Å². The first-order valence-electron chi connectivity index (χ1n) is 0.912. The van der Waals surface area contributed by atoms with E-state index >= 15 is 0 Å². The Bertz CT molecular complexity index is 10.8. The van der Waals surface area contributed by atoms with Gasteiger partial charge < -0.3 is 0 Å². The molecule has 0 aromatic carbocycles. The quantitative estimate of drug-likeness (QED) is 0.514. The Morgan fingerprint density at radius 1 is 1.17 bits per heavy atom. The van der Waals surface area contributed by atoms with Crippen LogP contribution in [0.15, 0.2) is 0 Å². The summed E-state index contributed by atoms with van der Waals surface area (Å²) in [4.78, 5) is 0. The Morgan fingerprint density at radius 3 is 1.17 bits per heavy atom. The van der Waals surface area contributed by atoms with Gasteiger partial charge in [0.25, 0.3) is 0 Å². The Morgan fingerprint density at radius 2 is 1.17 bits per heavy atom. The zero-order valence-corrected chi connectivity index (χ0v) is 10.4. The van der Waals surface area contributed by atoms with Gasteiger partial charge in [-0.3, -0.25) is 0 Å². The van der Waals surface area contributed by atoms with Gasteiger partial charge in [0.05, 0.1) is 0 Å². The van der Waals surface area contributed by atoms with Crippen LogP contribution >= 0.6 is 16.5 Å². The molecule has 0 heterocycles. The van der Waals surface area contributed by atoms with Gasteiger partial charge in [0.1, 0.15) is 0 Å². The van der Waals surface area contributed by atoms with Crippen LogP contribution in [0.5, 0.6) is 0 Å². The van der Waals surface area contributed by atoms with Gasteiger partial charge in [0, 0.05) is 0 Å². The molecule has 0 radical (unpaired) electrons. The van der Waals surface area contributed by atoms with Crippen molar-refractivity contribution >= 4 is 124 Å². The molecule has 26 valence electrons. The fourth-order valence-corrected chi connectivity index (χ4v) is 0. The van der Waals surface area contributed by atoms with E-state index < -0.39 is 30.8 Å². The van der Waals surface area contributed by atoms with Crippen LogP contribution in [0.4, 0.5) is 0 Å². The third kappa shape index (κ3) is 23.3. The first-order chi connectivity index (χ1) is 2.41. The molecule has 0 rings (SSSR count). The van der Waals surface area contributed by atoms with Crippen LogP contribution in [0, 0.1) is 0 Å². The van der Waals surface area contributed by atoms with Crippen LogP contribution in [0.25, 0.3) is 0 Å². The summed E-state index contributed by atoms with van der Waals surface area (Å²) in [6.07, 6.45) is 9.90. The molecule has 0 atom stereocenters. The molecule has 6 heavy (non-hydrogen) atoms. The first-order valence-corrected chi connectivity index (χ1v) is 11.3. The monoisotopic (exact) mass is 208 g/mol. The van der Waals surface area contributed by atoms with Crippen LogP contribution in [-0.2, 0) is 0 Å². The molecule has 0 aliphatic carbocycles. The molecular weight excluding hydrogens is 209 g/mol. The molecule has 0 unspecified atom stereocenters. The van der Waals surface area contributed by atoms with Crippen LogP contribution < -0.4 is 0 Å². The zero-order valence-electron chi connectivity index (χ0n) is 2.84. The third-order valence-electron chi connectivity index (χ3n) is 0. The van der Waals surface area contributed by atoms with Crippen molar-refractivity contribution in [2.45, 2.75) is 0 Å². The summed E-state index contributed by atoms with van der Waals surface area (Å²) in [5.74, 6) is 0. The Hall–Kier alpha value is 4.77. The van der Waals surface area contributed by atoms with E-state index in [2.05, 4.69) is 0 Å². The SMILES string of the molecule is [Cl][Ca][Cl].[Cl][K].[NaH]. The van der Waals surface area contributed by atoms with Gasteiger partial charge in [-0.1, -0.05) is 0 Å². The minimum absolute atomic E-state index is 0. The van der Waals surface area contributed by atoms with Crippen molar-refractivity contribution in [1.82, 2.24) is 0 Å². The van der Waals surface area contributed by atoms with Crippen molar-refractivity contribution < 1.29 is 0 Å². The molecule has 0 saturated carbocycles. The second-order valence-electron chi connectivity index (χ2n) is 0.101. The van der Waals surface area contributed by atoms with Crippen LogP contribution in [0.3, 0.4) is 0 Å². The van der Waals surface area contributed by atoms with Gasteiger partial charge >= 0.3 is 124 Å². The fourth-order valence-electron chi connectivity index (χ4n) is 0. The molecule has 0 fully saturated rings. The van der Waals surface area contributed by atoms with Crippen molar-refractivity contribution in [2.75, 3.05) is 0 Å². The van der Waals surface area contributed by atoms with E-state index in [0.29, 0.717) is 47.1 Å². The van der Waals surface area contributed by atoms with E-state index in [1.165, 1.54) is 0 Å². The molecule has 0 nitrogen and oxygen atoms in total. The van der Waals surface area contributed by atoms with E-state index in [9.17, 15) is 0 Å². The van der Waals surface area contributed by atoms with E-state index in [1.807, 2.05) is 0 Å². The van der Waals surface area contributed by atoms with Crippen molar-refractivity contribution in [3.05, 3.63) is 0 Å². The molecule has 0 N–H and O–H groups in total. The van der Waals surface area contributed by atoms with Crippen molar-refractivity contribution in [3.63, 3.8) is 0 Å². The summed E-state index contributed by atoms with van der Waals surface area (Å²) in [7, 11) is 0. The van der Waals surface area contributed by atoms with Crippen molar-refractivity contribution in [1.29, 1.82) is 0 Å². The van der Waals surface area contributed by atoms with Gasteiger partial charge in [-0.2, -0.15) is 0 Å². The average Bonchev–Trinajstić information content (AvgIpc) is 1.46. The summed E-state index contributed by atoms with van der Waals surface area (Å²) in [6.45, 7) is 0. The van der Waals surface area contributed by atoms with Crippen molar-refractivity contribution in [2.24, 2.45) is 0 Å². The van der Waals surface area contributed by atoms with Gasteiger partial charge in [0.15, 0.2) is 0 Å². The number of halogens is 3. The minimum atomic E-state index is -0.931. The van der Waals surface area contributed by atoms with Gasteiger partial charge in [-0.25, -0.2) is 0 Å². The van der Waals surface area contributed by atoms with E-state index in [4.69, 9.17) is 16.5 Å². The molecule has 0 spiro atoms. The summed E-state index contributed by atoms with van der Waals surface area (Å²) in [6, 6.07) is 0. The topological polar surface area (TPSA) is 0 Å². The molecule has 0 amide bonds. The summed E-state index contributed by atoms with van der Waals surface area (Å²) >= 11 is -0.396. The third-order valence-corrected chi connectivity index (χ3v) is 0. The first kappa shape index (κ1) is 17.0. The molecule has 0 saturated heterocycles. The average molecular weight is 210 g/mol. The maximum absolute atomic E-state index is 4.95. The van der Waals surface area contributed by atoms with Crippen LogP contribution in [-0.4, -0.2) is 108 Å². The zero-order chi connectivity index (χ0) is 4.71. The summed E-state index contributed by atoms with van der Waals surface area (Å²) < 4.78 is 4.83. The van der Waals surface area contributed by atoms with E-state index in [0.717, 1.165) is 0 Å². The van der Waals surface area contributed by atoms with Crippen molar-refractivity contribution in [3.8, 4) is 0 Å². The van der Waals surface area contributed by atoms with Crippen LogP contribution in [0.2, 0.25) is 0 Å². The summed E-state index contributed by atoms with van der Waals surface area (Å²) in [5, 5.41) is 0. The maximum atomic E-state index is 4.95. The normalized spacial score (nSPS) is 2.83.